The minimum Gasteiger partial charge on any atom is -0.382 e. The number of ether oxygens (including phenoxy) is 1. The van der Waals surface area contributed by atoms with Crippen molar-refractivity contribution in [3.05, 3.63) is 89.2 Å². The smallest absolute Gasteiger partial charge is 0.257 e. The summed E-state index contributed by atoms with van der Waals surface area (Å²) in [6.45, 7) is 3.28. The molecule has 2 saturated heterocycles. The Hall–Kier alpha value is -3.91. The van der Waals surface area contributed by atoms with Crippen LogP contribution in [0.2, 0.25) is 0 Å². The number of hydrogen-bond acceptors (Lipinski definition) is 5. The average Bonchev–Trinajstić information content (AvgIpc) is 3.50. The summed E-state index contributed by atoms with van der Waals surface area (Å²) in [5.41, 5.74) is 4.34. The van der Waals surface area contributed by atoms with Gasteiger partial charge < -0.3 is 25.2 Å². The molecule has 0 spiro atoms. The lowest BCUT2D eigenvalue weighted by atomic mass is 9.76. The number of carbonyl (C=O) groups is 2. The van der Waals surface area contributed by atoms with Crippen molar-refractivity contribution in [3.8, 4) is 0 Å². The molecule has 0 bridgehead atoms. The van der Waals surface area contributed by atoms with Crippen molar-refractivity contribution >= 4 is 28.9 Å². The highest BCUT2D eigenvalue weighted by molar-refractivity contribution is 5.98. The fourth-order valence-corrected chi connectivity index (χ4v) is 7.40. The molecule has 3 aromatic rings. The van der Waals surface area contributed by atoms with Crippen molar-refractivity contribution in [2.75, 3.05) is 42.8 Å². The number of benzene rings is 3. The first kappa shape index (κ1) is 30.1. The van der Waals surface area contributed by atoms with Gasteiger partial charge in [0, 0.05) is 56.5 Å². The first-order valence-corrected chi connectivity index (χ1v) is 15.9. The maximum absolute atomic E-state index is 15.3. The van der Waals surface area contributed by atoms with Crippen molar-refractivity contribution in [2.45, 2.75) is 63.6 Å². The number of amides is 2. The number of hydrogen-bond donors (Lipinski definition) is 2. The van der Waals surface area contributed by atoms with Crippen molar-refractivity contribution in [3.63, 3.8) is 0 Å². The van der Waals surface area contributed by atoms with Crippen molar-refractivity contribution in [1.82, 2.24) is 4.90 Å². The Balaban J connectivity index is 1.36. The third kappa shape index (κ3) is 6.18. The minimum absolute atomic E-state index is 0.0463. The van der Waals surface area contributed by atoms with E-state index in [4.69, 9.17) is 4.74 Å². The van der Waals surface area contributed by atoms with E-state index in [2.05, 4.69) is 10.6 Å². The molecule has 6 rings (SSSR count). The van der Waals surface area contributed by atoms with E-state index in [0.717, 1.165) is 62.3 Å². The van der Waals surface area contributed by atoms with Gasteiger partial charge in [-0.3, -0.25) is 9.59 Å². The molecule has 232 valence electrons. The van der Waals surface area contributed by atoms with E-state index in [1.54, 1.807) is 19.1 Å². The second-order valence-electron chi connectivity index (χ2n) is 12.8. The van der Waals surface area contributed by atoms with Crippen LogP contribution in [0.15, 0.2) is 66.7 Å². The molecule has 4 atom stereocenters. The average molecular weight is 599 g/mol. The number of nitrogens with one attached hydrogen (secondary N) is 2. The van der Waals surface area contributed by atoms with Crippen molar-refractivity contribution in [2.24, 2.45) is 11.8 Å². The summed E-state index contributed by atoms with van der Waals surface area (Å²) in [7, 11) is 3.96. The Morgan fingerprint density at radius 2 is 1.61 bits per heavy atom. The molecule has 0 radical (unpaired) electrons. The lowest BCUT2D eigenvalue weighted by molar-refractivity contribution is -0.125. The summed E-state index contributed by atoms with van der Waals surface area (Å²) in [4.78, 5) is 32.5. The maximum atomic E-state index is 15.3. The minimum atomic E-state index is -0.529. The summed E-state index contributed by atoms with van der Waals surface area (Å²) in [5, 5.41) is 6.76. The van der Waals surface area contributed by atoms with Gasteiger partial charge in [-0.1, -0.05) is 30.7 Å². The second-order valence-corrected chi connectivity index (χ2v) is 12.8. The normalized spacial score (nSPS) is 23.6. The van der Waals surface area contributed by atoms with Crippen molar-refractivity contribution in [1.29, 1.82) is 0 Å². The van der Waals surface area contributed by atoms with Crippen LogP contribution in [0.25, 0.3) is 0 Å². The van der Waals surface area contributed by atoms with Gasteiger partial charge in [0.15, 0.2) is 0 Å². The van der Waals surface area contributed by atoms with Gasteiger partial charge in [0.1, 0.15) is 5.82 Å². The van der Waals surface area contributed by atoms with E-state index in [0.29, 0.717) is 23.7 Å². The van der Waals surface area contributed by atoms with Crippen LogP contribution in [-0.2, 0) is 9.53 Å². The Morgan fingerprint density at radius 3 is 2.30 bits per heavy atom. The number of piperidine rings is 1. The van der Waals surface area contributed by atoms with Gasteiger partial charge in [-0.05, 0) is 98.5 Å². The molecular formula is C36H43FN4O3. The van der Waals surface area contributed by atoms with Gasteiger partial charge in [0.2, 0.25) is 5.91 Å². The Morgan fingerprint density at radius 1 is 0.909 bits per heavy atom. The number of fused-ring (bicyclic) bond motifs is 1. The van der Waals surface area contributed by atoms with Crippen LogP contribution < -0.4 is 15.5 Å². The third-order valence-corrected chi connectivity index (χ3v) is 9.72. The fourth-order valence-electron chi connectivity index (χ4n) is 7.40. The van der Waals surface area contributed by atoms with E-state index in [1.165, 1.54) is 6.07 Å². The summed E-state index contributed by atoms with van der Waals surface area (Å²) in [5.74, 6) is -1.28. The van der Waals surface area contributed by atoms with Gasteiger partial charge in [-0.2, -0.15) is 0 Å². The first-order chi connectivity index (χ1) is 21.3. The first-order valence-electron chi connectivity index (χ1n) is 15.9. The molecule has 3 aromatic carbocycles. The zero-order valence-electron chi connectivity index (χ0n) is 25.9. The summed E-state index contributed by atoms with van der Waals surface area (Å²) in [6.07, 6.45) is 5.37. The number of likely N-dealkylation sites (tertiary alicyclic amines) is 1. The fraction of sp³-hybridized carbons (Fsp3) is 0.444. The Labute approximate surface area is 259 Å². The monoisotopic (exact) mass is 598 g/mol. The van der Waals surface area contributed by atoms with Crippen LogP contribution in [0.3, 0.4) is 0 Å². The molecule has 2 N–H and O–H groups in total. The molecule has 3 aliphatic rings. The third-order valence-electron chi connectivity index (χ3n) is 9.72. The summed E-state index contributed by atoms with van der Waals surface area (Å²) < 4.78 is 20.8. The van der Waals surface area contributed by atoms with Gasteiger partial charge >= 0.3 is 0 Å². The van der Waals surface area contributed by atoms with E-state index < -0.39 is 17.8 Å². The molecule has 0 aromatic heterocycles. The van der Waals surface area contributed by atoms with Crippen LogP contribution >= 0.6 is 0 Å². The standard InChI is InChI=1S/C36H43FN4O3/c1-23-6-4-8-31(37)33(23)36(43)41-32-9-5-7-25(32)22-30(35(42)39-27-14-16-29(17-15-27)40(2)3)34(41)24-10-12-26(13-11-24)38-28-18-20-44-21-19-28/h4,6,8,10-17,25,28,30,32,34,38H,5,7,9,18-22H2,1-3H3,(H,39,42)/t25-,30+,32-,34+/m1/s1. The lowest BCUT2D eigenvalue weighted by Gasteiger charge is -2.48. The highest BCUT2D eigenvalue weighted by atomic mass is 19.1. The number of nitrogens with zero attached hydrogens (tertiary/aromatic N) is 2. The molecule has 1 aliphatic carbocycles. The zero-order valence-corrected chi connectivity index (χ0v) is 25.9. The molecule has 0 unspecified atom stereocenters. The molecule has 1 saturated carbocycles. The molecule has 44 heavy (non-hydrogen) atoms. The molecule has 2 amide bonds. The Bertz CT molecular complexity index is 1450. The van der Waals surface area contributed by atoms with Gasteiger partial charge in [0.05, 0.1) is 17.5 Å². The molecule has 3 fully saturated rings. The van der Waals surface area contributed by atoms with E-state index in [1.807, 2.05) is 72.4 Å². The van der Waals surface area contributed by atoms with Crippen LogP contribution in [0, 0.1) is 24.6 Å². The number of aryl methyl sites for hydroxylation is 1. The van der Waals surface area contributed by atoms with Gasteiger partial charge in [-0.15, -0.1) is 0 Å². The van der Waals surface area contributed by atoms with Crippen LogP contribution in [-0.4, -0.2) is 56.1 Å². The number of carbonyl (C=O) groups excluding carboxylic acids is 2. The predicted octanol–water partition coefficient (Wildman–Crippen LogP) is 6.80. The highest BCUT2D eigenvalue weighted by Gasteiger charge is 2.50. The predicted molar refractivity (Wildman–Crippen MR) is 173 cm³/mol. The summed E-state index contributed by atoms with van der Waals surface area (Å²) in [6, 6.07) is 20.4. The molecule has 2 aliphatic heterocycles. The number of halogens is 1. The van der Waals surface area contributed by atoms with Gasteiger partial charge in [0.25, 0.3) is 5.91 Å². The Kier molecular flexibility index (Phi) is 8.89. The van der Waals surface area contributed by atoms with Crippen LogP contribution in [0.5, 0.6) is 0 Å². The number of anilines is 3. The maximum Gasteiger partial charge on any atom is 0.257 e. The van der Waals surface area contributed by atoms with Gasteiger partial charge in [-0.25, -0.2) is 4.39 Å². The molecule has 7 nitrogen and oxygen atoms in total. The van der Waals surface area contributed by atoms with Crippen LogP contribution in [0.4, 0.5) is 21.5 Å². The molecular weight excluding hydrogens is 555 g/mol. The SMILES string of the molecule is Cc1cccc(F)c1C(=O)N1[C@@H]2CCC[C@@H]2C[C@H](C(=O)Nc2ccc(N(C)C)cc2)[C@@H]1c1ccc(NC2CCOCC2)cc1. The number of rotatable bonds is 7. The molecule has 8 heteroatoms. The van der Waals surface area contributed by atoms with E-state index in [-0.39, 0.29) is 29.3 Å². The quantitative estimate of drug-likeness (QED) is 0.313. The van der Waals surface area contributed by atoms with E-state index in [9.17, 15) is 9.59 Å². The lowest BCUT2D eigenvalue weighted by Crippen LogP contribution is -2.54. The zero-order chi connectivity index (χ0) is 30.8. The van der Waals surface area contributed by atoms with Crippen LogP contribution in [0.1, 0.15) is 66.1 Å². The molecule has 2 heterocycles. The second kappa shape index (κ2) is 13.0. The highest BCUT2D eigenvalue weighted by Crippen LogP contribution is 2.49. The largest absolute Gasteiger partial charge is 0.382 e. The van der Waals surface area contributed by atoms with Crippen molar-refractivity contribution < 1.29 is 18.7 Å². The topological polar surface area (TPSA) is 73.9 Å². The van der Waals surface area contributed by atoms with E-state index >= 15 is 4.39 Å². The summed E-state index contributed by atoms with van der Waals surface area (Å²) >= 11 is 0.